The van der Waals surface area contributed by atoms with Crippen molar-refractivity contribution in [2.75, 3.05) is 0 Å². The number of carbonyl (C=O) groups is 1. The van der Waals surface area contributed by atoms with Crippen LogP contribution in [0.5, 0.6) is 0 Å². The van der Waals surface area contributed by atoms with Crippen LogP contribution in [0, 0.1) is 52.3 Å². The zero-order chi connectivity index (χ0) is 18.0. The van der Waals surface area contributed by atoms with Crippen LogP contribution < -0.4 is 0 Å². The minimum atomic E-state index is 0.229. The Balaban J connectivity index is 1.64. The maximum absolute atomic E-state index is 13.0. The van der Waals surface area contributed by atoms with Crippen molar-refractivity contribution >= 4 is 5.78 Å². The van der Waals surface area contributed by atoms with Gasteiger partial charge in [-0.1, -0.05) is 40.2 Å². The molecule has 0 aromatic carbocycles. The van der Waals surface area contributed by atoms with Crippen molar-refractivity contribution in [2.24, 2.45) is 52.3 Å². The quantitative estimate of drug-likeness (QED) is 0.539. The first-order valence-electron chi connectivity index (χ1n) is 11.0. The van der Waals surface area contributed by atoms with Crippen LogP contribution in [-0.2, 0) is 4.79 Å². The van der Waals surface area contributed by atoms with Crippen LogP contribution >= 0.6 is 0 Å². The number of hydrogen-bond acceptors (Lipinski definition) is 1. The molecule has 0 aromatic heterocycles. The summed E-state index contributed by atoms with van der Waals surface area (Å²) in [5.74, 6) is 5.31. The van der Waals surface area contributed by atoms with E-state index in [1.807, 2.05) is 6.08 Å². The molecule has 1 nitrogen and oxygen atoms in total. The molecule has 140 valence electrons. The molecule has 4 fully saturated rings. The highest BCUT2D eigenvalue weighted by molar-refractivity contribution is 5.85. The van der Waals surface area contributed by atoms with Crippen LogP contribution in [0.4, 0.5) is 0 Å². The second kappa shape index (κ2) is 5.96. The Morgan fingerprint density at radius 1 is 1.08 bits per heavy atom. The molecule has 0 N–H and O–H groups in total. The summed E-state index contributed by atoms with van der Waals surface area (Å²) in [4.78, 5) is 13.0. The van der Waals surface area contributed by atoms with Crippen LogP contribution in [0.25, 0.3) is 0 Å². The molecule has 4 aliphatic carbocycles. The molecule has 0 unspecified atom stereocenters. The fraction of sp³-hybridized carbons (Fsp3) is 0.875. The lowest BCUT2D eigenvalue weighted by Gasteiger charge is -2.61. The van der Waals surface area contributed by atoms with Gasteiger partial charge < -0.3 is 0 Å². The maximum atomic E-state index is 13.0. The molecule has 4 aliphatic rings. The Labute approximate surface area is 155 Å². The normalized spacial score (nSPS) is 53.5. The van der Waals surface area contributed by atoms with Crippen molar-refractivity contribution in [3.63, 3.8) is 0 Å². The van der Waals surface area contributed by atoms with E-state index >= 15 is 0 Å². The third kappa shape index (κ3) is 2.43. The van der Waals surface area contributed by atoms with Crippen LogP contribution in [0.2, 0.25) is 0 Å². The van der Waals surface area contributed by atoms with E-state index in [9.17, 15) is 4.79 Å². The van der Waals surface area contributed by atoms with Crippen molar-refractivity contribution in [3.8, 4) is 0 Å². The van der Waals surface area contributed by atoms with E-state index in [-0.39, 0.29) is 11.3 Å². The molecule has 4 saturated carbocycles. The second-order valence-corrected chi connectivity index (χ2v) is 10.8. The number of allylic oxidation sites excluding steroid dienone is 1. The SMILES string of the molecule is C=C[C@@H](C)[C@H]1C(=O)C[C@H]2[C@@H]3CC[C@H]4C[C@@H](C)CC[C@]4(C)[C@H]3CC[C@]12C. The molecule has 0 spiro atoms. The number of rotatable bonds is 2. The number of carbonyl (C=O) groups excluding carboxylic acids is 1. The minimum Gasteiger partial charge on any atom is -0.299 e. The van der Waals surface area contributed by atoms with Crippen LogP contribution in [0.3, 0.4) is 0 Å². The molecule has 0 bridgehead atoms. The average molecular weight is 343 g/mol. The molecular formula is C24H38O. The van der Waals surface area contributed by atoms with Gasteiger partial charge in [0.1, 0.15) is 5.78 Å². The lowest BCUT2D eigenvalue weighted by atomic mass is 9.44. The fourth-order valence-electron chi connectivity index (χ4n) is 8.33. The molecule has 0 saturated heterocycles. The molecule has 25 heavy (non-hydrogen) atoms. The molecule has 0 aliphatic heterocycles. The van der Waals surface area contributed by atoms with E-state index in [4.69, 9.17) is 0 Å². The Morgan fingerprint density at radius 3 is 2.52 bits per heavy atom. The van der Waals surface area contributed by atoms with Gasteiger partial charge in [-0.15, -0.1) is 6.58 Å². The van der Waals surface area contributed by atoms with E-state index in [1.54, 1.807) is 0 Å². The molecule has 4 rings (SSSR count). The first-order chi connectivity index (χ1) is 11.8. The average Bonchev–Trinajstić information content (AvgIpc) is 2.85. The van der Waals surface area contributed by atoms with E-state index in [2.05, 4.69) is 34.3 Å². The second-order valence-electron chi connectivity index (χ2n) is 10.8. The Bertz CT molecular complexity index is 564. The number of Topliss-reactive ketones (excluding diaryl/α,β-unsaturated/α-hetero) is 1. The van der Waals surface area contributed by atoms with Crippen LogP contribution in [0.15, 0.2) is 12.7 Å². The monoisotopic (exact) mass is 342 g/mol. The van der Waals surface area contributed by atoms with Gasteiger partial charge in [0, 0.05) is 12.3 Å². The van der Waals surface area contributed by atoms with Gasteiger partial charge >= 0.3 is 0 Å². The summed E-state index contributed by atoms with van der Waals surface area (Å²) in [6, 6.07) is 0. The van der Waals surface area contributed by atoms with E-state index < -0.39 is 0 Å². The highest BCUT2D eigenvalue weighted by Crippen LogP contribution is 2.67. The van der Waals surface area contributed by atoms with Gasteiger partial charge in [0.2, 0.25) is 0 Å². The van der Waals surface area contributed by atoms with Crippen molar-refractivity contribution in [2.45, 2.75) is 79.1 Å². The number of hydrogen-bond donors (Lipinski definition) is 0. The van der Waals surface area contributed by atoms with Gasteiger partial charge in [0.05, 0.1) is 0 Å². The third-order valence-corrected chi connectivity index (χ3v) is 9.74. The van der Waals surface area contributed by atoms with Gasteiger partial charge in [0.25, 0.3) is 0 Å². The van der Waals surface area contributed by atoms with E-state index in [0.29, 0.717) is 23.0 Å². The summed E-state index contributed by atoms with van der Waals surface area (Å²) in [6.07, 6.45) is 12.7. The molecule has 9 atom stereocenters. The summed E-state index contributed by atoms with van der Waals surface area (Å²) in [5, 5.41) is 0. The largest absolute Gasteiger partial charge is 0.299 e. The third-order valence-electron chi connectivity index (χ3n) is 9.74. The molecule has 1 heteroatoms. The van der Waals surface area contributed by atoms with E-state index in [0.717, 1.165) is 30.1 Å². The lowest BCUT2D eigenvalue weighted by Crippen LogP contribution is -2.53. The zero-order valence-electron chi connectivity index (χ0n) is 16.9. The summed E-state index contributed by atoms with van der Waals surface area (Å²) >= 11 is 0. The Kier molecular flexibility index (Phi) is 4.25. The molecule has 0 aromatic rings. The highest BCUT2D eigenvalue weighted by atomic mass is 16.1. The Morgan fingerprint density at radius 2 is 1.80 bits per heavy atom. The minimum absolute atomic E-state index is 0.229. The first kappa shape index (κ1) is 17.8. The summed E-state index contributed by atoms with van der Waals surface area (Å²) < 4.78 is 0. The molecular weight excluding hydrogens is 304 g/mol. The predicted octanol–water partition coefficient (Wildman–Crippen LogP) is 6.28. The topological polar surface area (TPSA) is 17.1 Å². The van der Waals surface area contributed by atoms with Crippen molar-refractivity contribution < 1.29 is 4.79 Å². The highest BCUT2D eigenvalue weighted by Gasteiger charge is 2.62. The van der Waals surface area contributed by atoms with E-state index in [1.165, 1.54) is 44.9 Å². The first-order valence-corrected chi connectivity index (χ1v) is 11.0. The maximum Gasteiger partial charge on any atom is 0.137 e. The lowest BCUT2D eigenvalue weighted by molar-refractivity contribution is -0.126. The van der Waals surface area contributed by atoms with Gasteiger partial charge in [-0.25, -0.2) is 0 Å². The molecule has 0 radical (unpaired) electrons. The van der Waals surface area contributed by atoms with Crippen molar-refractivity contribution in [1.82, 2.24) is 0 Å². The van der Waals surface area contributed by atoms with Gasteiger partial charge in [-0.05, 0) is 84.9 Å². The fourth-order valence-corrected chi connectivity index (χ4v) is 8.33. The summed E-state index contributed by atoms with van der Waals surface area (Å²) in [6.45, 7) is 13.8. The number of fused-ring (bicyclic) bond motifs is 5. The predicted molar refractivity (Wildman–Crippen MR) is 104 cm³/mol. The molecule has 0 heterocycles. The number of ketones is 1. The van der Waals surface area contributed by atoms with Crippen molar-refractivity contribution in [1.29, 1.82) is 0 Å². The van der Waals surface area contributed by atoms with Gasteiger partial charge in [-0.2, -0.15) is 0 Å². The van der Waals surface area contributed by atoms with Gasteiger partial charge in [-0.3, -0.25) is 4.79 Å². The summed E-state index contributed by atoms with van der Waals surface area (Å²) in [7, 11) is 0. The van der Waals surface area contributed by atoms with Gasteiger partial charge in [0.15, 0.2) is 0 Å². The smallest absolute Gasteiger partial charge is 0.137 e. The van der Waals surface area contributed by atoms with Crippen LogP contribution in [-0.4, -0.2) is 5.78 Å². The Hall–Kier alpha value is -0.590. The summed E-state index contributed by atoms with van der Waals surface area (Å²) in [5.41, 5.74) is 0.791. The standard InChI is InChI=1S/C24H38O/c1-6-16(3)22-21(25)14-20-18-8-7-17-13-15(2)9-11-23(17,4)19(18)10-12-24(20,22)5/h6,15-20,22H,1,7-14H2,2-5H3/t15-,16+,17-,18+,19-,20-,22-,23-,24-/m0/s1. The van der Waals surface area contributed by atoms with Crippen LogP contribution in [0.1, 0.15) is 79.1 Å². The van der Waals surface area contributed by atoms with Crippen molar-refractivity contribution in [3.05, 3.63) is 12.7 Å². The molecule has 0 amide bonds. The zero-order valence-corrected chi connectivity index (χ0v) is 16.9.